The van der Waals surface area contributed by atoms with Gasteiger partial charge in [-0.05, 0) is 32.9 Å². The lowest BCUT2D eigenvalue weighted by molar-refractivity contribution is -0.133. The molecule has 0 fully saturated rings. The van der Waals surface area contributed by atoms with Crippen molar-refractivity contribution in [2.24, 2.45) is 7.05 Å². The van der Waals surface area contributed by atoms with Crippen LogP contribution in [0, 0.1) is 0 Å². The number of nitrogens with one attached hydrogen (secondary N) is 1. The molecule has 2 aromatic rings. The van der Waals surface area contributed by atoms with Crippen molar-refractivity contribution in [3.05, 3.63) is 50.3 Å². The minimum absolute atomic E-state index is 0.0272. The maximum atomic E-state index is 13.2. The fourth-order valence-electron chi connectivity index (χ4n) is 3.34. The lowest BCUT2D eigenvalue weighted by Gasteiger charge is -2.23. The Bertz CT molecular complexity index is 1170. The summed E-state index contributed by atoms with van der Waals surface area (Å²) in [5, 5.41) is 2.54. The van der Waals surface area contributed by atoms with E-state index in [2.05, 4.69) is 5.32 Å². The molecule has 0 unspecified atom stereocenters. The summed E-state index contributed by atoms with van der Waals surface area (Å²) < 4.78 is 18.4. The van der Waals surface area contributed by atoms with E-state index < -0.39 is 28.9 Å². The third-order valence-electron chi connectivity index (χ3n) is 4.80. The molecular formula is C22H27N3O7. The topological polar surface area (TPSA) is 118 Å². The molecule has 0 saturated heterocycles. The molecule has 1 aliphatic rings. The zero-order chi connectivity index (χ0) is 23.6. The fraction of sp³-hybridized carbons (Fsp3) is 0.455. The van der Waals surface area contributed by atoms with E-state index in [-0.39, 0.29) is 30.2 Å². The number of esters is 1. The Labute approximate surface area is 184 Å². The Kier molecular flexibility index (Phi) is 6.54. The van der Waals surface area contributed by atoms with Crippen molar-refractivity contribution >= 4 is 17.7 Å². The molecule has 1 N–H and O–H groups in total. The number of carbonyl (C=O) groups is 2. The highest BCUT2D eigenvalue weighted by Gasteiger charge is 2.25. The molecule has 172 valence electrons. The van der Waals surface area contributed by atoms with Gasteiger partial charge in [0, 0.05) is 25.6 Å². The molecule has 10 heteroatoms. The maximum Gasteiger partial charge on any atom is 0.412 e. The average molecular weight is 445 g/mol. The summed E-state index contributed by atoms with van der Waals surface area (Å²) in [5.74, 6) is -0.725. The molecule has 0 saturated carbocycles. The number of nitrogens with zero attached hydrogens (tertiary/aromatic N) is 2. The SMILES string of the molecule is CCC(=O)Oc1c(NC(=O)OC(C)(C)C)cccc1-n1c(=O)c2c(n(C)c1=O)CCOC2. The quantitative estimate of drug-likeness (QED) is 0.567. The van der Waals surface area contributed by atoms with Crippen molar-refractivity contribution in [2.45, 2.75) is 52.7 Å². The highest BCUT2D eigenvalue weighted by molar-refractivity contribution is 5.89. The van der Waals surface area contributed by atoms with Crippen molar-refractivity contribution in [3.8, 4) is 11.4 Å². The number of ether oxygens (including phenoxy) is 3. The zero-order valence-corrected chi connectivity index (χ0v) is 18.8. The van der Waals surface area contributed by atoms with Gasteiger partial charge in [0.05, 0.1) is 30.2 Å². The monoisotopic (exact) mass is 445 g/mol. The molecule has 0 aliphatic carbocycles. The molecule has 32 heavy (non-hydrogen) atoms. The van der Waals surface area contributed by atoms with Gasteiger partial charge in [-0.3, -0.25) is 19.5 Å². The standard InChI is InChI=1S/C22H27N3O7/c1-6-17(26)31-18-14(23-20(28)32-22(2,3)4)8-7-9-16(18)25-19(27)13-12-30-11-10-15(13)24(5)21(25)29/h7-9H,6,10-12H2,1-5H3,(H,23,28). The third kappa shape index (κ3) is 4.75. The predicted molar refractivity (Wildman–Crippen MR) is 116 cm³/mol. The molecule has 10 nitrogen and oxygen atoms in total. The molecule has 1 aliphatic heterocycles. The molecular weight excluding hydrogens is 418 g/mol. The van der Waals surface area contributed by atoms with Gasteiger partial charge < -0.3 is 14.2 Å². The maximum absolute atomic E-state index is 13.2. The van der Waals surface area contributed by atoms with Crippen LogP contribution in [0.5, 0.6) is 5.75 Å². The second-order valence-electron chi connectivity index (χ2n) is 8.32. The number of rotatable bonds is 4. The van der Waals surface area contributed by atoms with Crippen LogP contribution < -0.4 is 21.3 Å². The Morgan fingerprint density at radius 1 is 1.22 bits per heavy atom. The first-order valence-electron chi connectivity index (χ1n) is 10.3. The normalized spacial score (nSPS) is 13.3. The lowest BCUT2D eigenvalue weighted by atomic mass is 10.1. The van der Waals surface area contributed by atoms with Gasteiger partial charge in [-0.1, -0.05) is 13.0 Å². The molecule has 3 rings (SSSR count). The van der Waals surface area contributed by atoms with Crippen LogP contribution in [-0.2, 0) is 34.3 Å². The number of carbonyl (C=O) groups excluding carboxylic acids is 2. The van der Waals surface area contributed by atoms with Crippen LogP contribution in [0.2, 0.25) is 0 Å². The van der Waals surface area contributed by atoms with E-state index in [1.807, 2.05) is 0 Å². The second kappa shape index (κ2) is 8.99. The van der Waals surface area contributed by atoms with Gasteiger partial charge >= 0.3 is 17.8 Å². The van der Waals surface area contributed by atoms with E-state index in [4.69, 9.17) is 14.2 Å². The van der Waals surface area contributed by atoms with Gasteiger partial charge in [-0.25, -0.2) is 14.2 Å². The van der Waals surface area contributed by atoms with Crippen LogP contribution in [0.3, 0.4) is 0 Å². The van der Waals surface area contributed by atoms with E-state index in [1.54, 1.807) is 34.7 Å². The summed E-state index contributed by atoms with van der Waals surface area (Å²) in [4.78, 5) is 50.8. The summed E-state index contributed by atoms with van der Waals surface area (Å²) in [6.45, 7) is 7.21. The number of hydrogen-bond donors (Lipinski definition) is 1. The predicted octanol–water partition coefficient (Wildman–Crippen LogP) is 2.27. The zero-order valence-electron chi connectivity index (χ0n) is 18.8. The van der Waals surface area contributed by atoms with Crippen molar-refractivity contribution in [2.75, 3.05) is 11.9 Å². The van der Waals surface area contributed by atoms with Crippen LogP contribution in [0.15, 0.2) is 27.8 Å². The summed E-state index contributed by atoms with van der Waals surface area (Å²) in [5.41, 5.74) is -0.840. The lowest BCUT2D eigenvalue weighted by Crippen LogP contribution is -2.43. The van der Waals surface area contributed by atoms with Crippen LogP contribution in [-0.4, -0.2) is 33.4 Å². The first-order chi connectivity index (χ1) is 15.0. The van der Waals surface area contributed by atoms with Gasteiger partial charge in [-0.15, -0.1) is 0 Å². The molecule has 0 atom stereocenters. The Balaban J connectivity index is 2.20. The minimum atomic E-state index is -0.775. The number of anilines is 1. The smallest absolute Gasteiger partial charge is 0.412 e. The number of fused-ring (bicyclic) bond motifs is 1. The highest BCUT2D eigenvalue weighted by Crippen LogP contribution is 2.32. The van der Waals surface area contributed by atoms with Crippen LogP contribution in [0.25, 0.3) is 5.69 Å². The molecule has 1 aromatic heterocycles. The number of aromatic nitrogens is 2. The van der Waals surface area contributed by atoms with Gasteiger partial charge in [-0.2, -0.15) is 0 Å². The molecule has 1 amide bonds. The van der Waals surface area contributed by atoms with Gasteiger partial charge in [0.25, 0.3) is 5.56 Å². The second-order valence-corrected chi connectivity index (χ2v) is 8.32. The molecule has 1 aromatic carbocycles. The van der Waals surface area contributed by atoms with Crippen LogP contribution >= 0.6 is 0 Å². The Morgan fingerprint density at radius 2 is 1.94 bits per heavy atom. The summed E-state index contributed by atoms with van der Waals surface area (Å²) >= 11 is 0. The van der Waals surface area contributed by atoms with Gasteiger partial charge in [0.1, 0.15) is 5.60 Å². The first kappa shape index (κ1) is 23.3. The van der Waals surface area contributed by atoms with E-state index in [0.29, 0.717) is 24.3 Å². The van der Waals surface area contributed by atoms with Crippen molar-refractivity contribution in [1.82, 2.24) is 9.13 Å². The highest BCUT2D eigenvalue weighted by atomic mass is 16.6. The van der Waals surface area contributed by atoms with E-state index in [9.17, 15) is 19.2 Å². The number of para-hydroxylation sites is 1. The van der Waals surface area contributed by atoms with Gasteiger partial charge in [0.2, 0.25) is 0 Å². The summed E-state index contributed by atoms with van der Waals surface area (Å²) in [6.07, 6.45) is -0.289. The average Bonchev–Trinajstić information content (AvgIpc) is 2.72. The largest absolute Gasteiger partial charge is 0.444 e. The van der Waals surface area contributed by atoms with Crippen molar-refractivity contribution < 1.29 is 23.8 Å². The summed E-state index contributed by atoms with van der Waals surface area (Å²) in [6, 6.07) is 4.49. The fourth-order valence-corrected chi connectivity index (χ4v) is 3.34. The van der Waals surface area contributed by atoms with E-state index >= 15 is 0 Å². The summed E-state index contributed by atoms with van der Waals surface area (Å²) in [7, 11) is 1.57. The van der Waals surface area contributed by atoms with Crippen LogP contribution in [0.1, 0.15) is 45.4 Å². The van der Waals surface area contributed by atoms with Crippen LogP contribution in [0.4, 0.5) is 10.5 Å². The number of benzene rings is 1. The van der Waals surface area contributed by atoms with Crippen molar-refractivity contribution in [3.63, 3.8) is 0 Å². The molecule has 0 radical (unpaired) electrons. The Morgan fingerprint density at radius 3 is 2.59 bits per heavy atom. The number of hydrogen-bond acceptors (Lipinski definition) is 7. The van der Waals surface area contributed by atoms with Gasteiger partial charge in [0.15, 0.2) is 5.75 Å². The van der Waals surface area contributed by atoms with E-state index in [1.165, 1.54) is 22.8 Å². The number of amides is 1. The molecule has 2 heterocycles. The Hall–Kier alpha value is -3.40. The third-order valence-corrected chi connectivity index (χ3v) is 4.80. The van der Waals surface area contributed by atoms with E-state index in [0.717, 1.165) is 4.57 Å². The van der Waals surface area contributed by atoms with Crippen molar-refractivity contribution in [1.29, 1.82) is 0 Å². The minimum Gasteiger partial charge on any atom is -0.444 e. The first-order valence-corrected chi connectivity index (χ1v) is 10.3. The molecule has 0 bridgehead atoms. The molecule has 0 spiro atoms.